The molecule has 0 bridgehead atoms. The summed E-state index contributed by atoms with van der Waals surface area (Å²) in [6.45, 7) is 6.80. The van der Waals surface area contributed by atoms with Crippen molar-refractivity contribution in [2.45, 2.75) is 20.8 Å². The Morgan fingerprint density at radius 1 is 0.963 bits per heavy atom. The standard InChI is InChI=1S/C21H26N2O4/c1-4-26-18-11-7-8-12-19(18)27-14-20(24)23-17-10-6-5-9-16(17)21(25)22-13-15(2)3/h5-12,15H,4,13-14H2,1-3H3,(H,22,25)(H,23,24). The van der Waals surface area contributed by atoms with Crippen molar-refractivity contribution in [3.05, 3.63) is 54.1 Å². The molecule has 0 saturated carbocycles. The summed E-state index contributed by atoms with van der Waals surface area (Å²) in [5.41, 5.74) is 0.867. The Morgan fingerprint density at radius 2 is 1.59 bits per heavy atom. The van der Waals surface area contributed by atoms with Crippen molar-refractivity contribution >= 4 is 17.5 Å². The minimum atomic E-state index is -0.356. The predicted octanol–water partition coefficient (Wildman–Crippen LogP) is 3.49. The van der Waals surface area contributed by atoms with E-state index in [4.69, 9.17) is 9.47 Å². The maximum atomic E-state index is 12.3. The monoisotopic (exact) mass is 370 g/mol. The lowest BCUT2D eigenvalue weighted by atomic mass is 10.1. The van der Waals surface area contributed by atoms with Crippen molar-refractivity contribution in [2.75, 3.05) is 25.1 Å². The second-order valence-corrected chi connectivity index (χ2v) is 6.37. The molecule has 27 heavy (non-hydrogen) atoms. The molecule has 0 aliphatic rings. The molecule has 0 unspecified atom stereocenters. The van der Waals surface area contributed by atoms with Crippen LogP contribution in [0.25, 0.3) is 0 Å². The largest absolute Gasteiger partial charge is 0.490 e. The zero-order valence-electron chi connectivity index (χ0n) is 16.0. The molecule has 0 aromatic heterocycles. The van der Waals surface area contributed by atoms with Crippen LogP contribution in [0.1, 0.15) is 31.1 Å². The van der Waals surface area contributed by atoms with E-state index in [2.05, 4.69) is 10.6 Å². The molecular formula is C21H26N2O4. The number of benzene rings is 2. The Kier molecular flexibility index (Phi) is 7.67. The lowest BCUT2D eigenvalue weighted by Crippen LogP contribution is -2.29. The van der Waals surface area contributed by atoms with Gasteiger partial charge in [0.1, 0.15) is 0 Å². The van der Waals surface area contributed by atoms with E-state index < -0.39 is 0 Å². The first kappa shape index (κ1) is 20.3. The highest BCUT2D eigenvalue weighted by Crippen LogP contribution is 2.26. The van der Waals surface area contributed by atoms with Gasteiger partial charge in [0.15, 0.2) is 18.1 Å². The minimum absolute atomic E-state index is 0.188. The van der Waals surface area contributed by atoms with Gasteiger partial charge >= 0.3 is 0 Å². The topological polar surface area (TPSA) is 76.7 Å². The highest BCUT2D eigenvalue weighted by atomic mass is 16.5. The first-order valence-corrected chi connectivity index (χ1v) is 9.03. The third-order valence-corrected chi connectivity index (χ3v) is 3.62. The molecule has 0 aliphatic heterocycles. The Hall–Kier alpha value is -3.02. The van der Waals surface area contributed by atoms with Crippen LogP contribution in [0.4, 0.5) is 5.69 Å². The molecule has 0 heterocycles. The van der Waals surface area contributed by atoms with E-state index in [9.17, 15) is 9.59 Å². The molecule has 6 nitrogen and oxygen atoms in total. The Balaban J connectivity index is 1.99. The zero-order chi connectivity index (χ0) is 19.6. The maximum Gasteiger partial charge on any atom is 0.262 e. The van der Waals surface area contributed by atoms with Crippen LogP contribution in [0.3, 0.4) is 0 Å². The summed E-state index contributed by atoms with van der Waals surface area (Å²) in [6.07, 6.45) is 0. The van der Waals surface area contributed by atoms with Crippen LogP contribution in [0, 0.1) is 5.92 Å². The zero-order valence-corrected chi connectivity index (χ0v) is 16.0. The molecule has 2 aromatic carbocycles. The third kappa shape index (κ3) is 6.33. The molecule has 0 atom stereocenters. The number of para-hydroxylation sites is 3. The van der Waals surface area contributed by atoms with Gasteiger partial charge in [-0.15, -0.1) is 0 Å². The van der Waals surface area contributed by atoms with Crippen LogP contribution in [0.2, 0.25) is 0 Å². The number of ether oxygens (including phenoxy) is 2. The molecule has 0 spiro atoms. The van der Waals surface area contributed by atoms with Crippen molar-refractivity contribution in [1.29, 1.82) is 0 Å². The van der Waals surface area contributed by atoms with E-state index >= 15 is 0 Å². The highest BCUT2D eigenvalue weighted by molar-refractivity contribution is 6.04. The summed E-state index contributed by atoms with van der Waals surface area (Å²) >= 11 is 0. The van der Waals surface area contributed by atoms with E-state index in [1.165, 1.54) is 0 Å². The molecule has 2 N–H and O–H groups in total. The van der Waals surface area contributed by atoms with Crippen molar-refractivity contribution < 1.29 is 19.1 Å². The van der Waals surface area contributed by atoms with Crippen molar-refractivity contribution in [2.24, 2.45) is 5.92 Å². The smallest absolute Gasteiger partial charge is 0.262 e. The lowest BCUT2D eigenvalue weighted by Gasteiger charge is -2.14. The van der Waals surface area contributed by atoms with Crippen molar-refractivity contribution in [3.8, 4) is 11.5 Å². The SMILES string of the molecule is CCOc1ccccc1OCC(=O)Nc1ccccc1C(=O)NCC(C)C. The summed E-state index contributed by atoms with van der Waals surface area (Å²) < 4.78 is 11.0. The van der Waals surface area contributed by atoms with Crippen LogP contribution in [0.5, 0.6) is 11.5 Å². The van der Waals surface area contributed by atoms with E-state index in [1.807, 2.05) is 32.9 Å². The molecule has 2 aromatic rings. The van der Waals surface area contributed by atoms with E-state index in [0.29, 0.717) is 41.8 Å². The predicted molar refractivity (Wildman–Crippen MR) is 105 cm³/mol. The number of amides is 2. The molecule has 0 saturated heterocycles. The first-order valence-electron chi connectivity index (χ1n) is 9.03. The first-order chi connectivity index (χ1) is 13.0. The second-order valence-electron chi connectivity index (χ2n) is 6.37. The molecule has 144 valence electrons. The lowest BCUT2D eigenvalue weighted by molar-refractivity contribution is -0.118. The van der Waals surface area contributed by atoms with Gasteiger partial charge in [0.2, 0.25) is 0 Å². The number of hydrogen-bond donors (Lipinski definition) is 2. The van der Waals surface area contributed by atoms with Crippen LogP contribution in [0.15, 0.2) is 48.5 Å². The molecule has 2 amide bonds. The Morgan fingerprint density at radius 3 is 2.26 bits per heavy atom. The van der Waals surface area contributed by atoms with Crippen LogP contribution in [-0.4, -0.2) is 31.6 Å². The van der Waals surface area contributed by atoms with Gasteiger partial charge in [-0.1, -0.05) is 38.1 Å². The average Bonchev–Trinajstić information content (AvgIpc) is 2.66. The number of anilines is 1. The fraction of sp³-hybridized carbons (Fsp3) is 0.333. The summed E-state index contributed by atoms with van der Waals surface area (Å²) in [6, 6.07) is 14.1. The summed E-state index contributed by atoms with van der Waals surface area (Å²) in [5.74, 6) is 0.848. The molecule has 0 aliphatic carbocycles. The Bertz CT molecular complexity index is 774. The quantitative estimate of drug-likeness (QED) is 0.708. The van der Waals surface area contributed by atoms with E-state index in [0.717, 1.165) is 0 Å². The van der Waals surface area contributed by atoms with Crippen LogP contribution >= 0.6 is 0 Å². The van der Waals surface area contributed by atoms with Gasteiger partial charge < -0.3 is 20.1 Å². The van der Waals surface area contributed by atoms with Crippen molar-refractivity contribution in [3.63, 3.8) is 0 Å². The van der Waals surface area contributed by atoms with Gasteiger partial charge in [-0.25, -0.2) is 0 Å². The van der Waals surface area contributed by atoms with Crippen molar-refractivity contribution in [1.82, 2.24) is 5.32 Å². The fourth-order valence-electron chi connectivity index (χ4n) is 2.36. The van der Waals surface area contributed by atoms with Crippen LogP contribution < -0.4 is 20.1 Å². The molecule has 6 heteroatoms. The number of nitrogens with one attached hydrogen (secondary N) is 2. The van der Waals surface area contributed by atoms with E-state index in [1.54, 1.807) is 36.4 Å². The molecule has 0 fully saturated rings. The molecule has 0 radical (unpaired) electrons. The van der Waals surface area contributed by atoms with Gasteiger partial charge in [0.25, 0.3) is 11.8 Å². The number of hydrogen-bond acceptors (Lipinski definition) is 4. The molecule has 2 rings (SSSR count). The highest BCUT2D eigenvalue weighted by Gasteiger charge is 2.14. The molecular weight excluding hydrogens is 344 g/mol. The number of rotatable bonds is 9. The fourth-order valence-corrected chi connectivity index (χ4v) is 2.36. The van der Waals surface area contributed by atoms with Gasteiger partial charge in [0.05, 0.1) is 17.9 Å². The summed E-state index contributed by atoms with van der Waals surface area (Å²) in [4.78, 5) is 24.6. The number of carbonyl (C=O) groups excluding carboxylic acids is 2. The average molecular weight is 370 g/mol. The van der Waals surface area contributed by atoms with E-state index in [-0.39, 0.29) is 18.4 Å². The van der Waals surface area contributed by atoms with Crippen LogP contribution in [-0.2, 0) is 4.79 Å². The second kappa shape index (κ2) is 10.2. The maximum absolute atomic E-state index is 12.3. The summed E-state index contributed by atoms with van der Waals surface area (Å²) in [5, 5.41) is 5.59. The van der Waals surface area contributed by atoms with Gasteiger partial charge in [-0.2, -0.15) is 0 Å². The van der Waals surface area contributed by atoms with Gasteiger partial charge in [-0.3, -0.25) is 9.59 Å². The van der Waals surface area contributed by atoms with Gasteiger partial charge in [-0.05, 0) is 37.1 Å². The van der Waals surface area contributed by atoms with Gasteiger partial charge in [0, 0.05) is 6.54 Å². The third-order valence-electron chi connectivity index (χ3n) is 3.62. The minimum Gasteiger partial charge on any atom is -0.490 e. The Labute approximate surface area is 159 Å². The number of carbonyl (C=O) groups is 2. The summed E-state index contributed by atoms with van der Waals surface area (Å²) in [7, 11) is 0. The normalized spacial score (nSPS) is 10.4.